The fourth-order valence-electron chi connectivity index (χ4n) is 1.11. The van der Waals surface area contributed by atoms with Crippen molar-refractivity contribution in [2.75, 3.05) is 7.05 Å². The molecule has 0 saturated carbocycles. The first-order valence-corrected chi connectivity index (χ1v) is 4.06. The van der Waals surface area contributed by atoms with Crippen molar-refractivity contribution in [2.45, 2.75) is 12.7 Å². The first kappa shape index (κ1) is 11.9. The van der Waals surface area contributed by atoms with Crippen molar-refractivity contribution in [1.29, 1.82) is 0 Å². The molecular formula is C9H8F5N. The van der Waals surface area contributed by atoms with Crippen molar-refractivity contribution in [1.82, 2.24) is 5.32 Å². The van der Waals surface area contributed by atoms with Crippen LogP contribution in [0.25, 0.3) is 0 Å². The molecule has 1 nitrogen and oxygen atoms in total. The zero-order chi connectivity index (χ0) is 11.6. The maximum Gasteiger partial charge on any atom is 0.416 e. The second-order valence-corrected chi connectivity index (χ2v) is 2.95. The fourth-order valence-corrected chi connectivity index (χ4v) is 1.11. The Kier molecular flexibility index (Phi) is 3.28. The van der Waals surface area contributed by atoms with Crippen LogP contribution in [0.2, 0.25) is 0 Å². The molecule has 0 aliphatic rings. The third-order valence-corrected chi connectivity index (χ3v) is 1.82. The lowest BCUT2D eigenvalue weighted by atomic mass is 10.1. The summed E-state index contributed by atoms with van der Waals surface area (Å²) < 4.78 is 62.4. The summed E-state index contributed by atoms with van der Waals surface area (Å²) >= 11 is 0. The zero-order valence-electron chi connectivity index (χ0n) is 7.75. The number of alkyl halides is 3. The van der Waals surface area contributed by atoms with Crippen LogP contribution in [-0.2, 0) is 12.7 Å². The maximum absolute atomic E-state index is 13.0. The Morgan fingerprint density at radius 2 is 1.60 bits per heavy atom. The second kappa shape index (κ2) is 4.14. The highest BCUT2D eigenvalue weighted by atomic mass is 19.4. The molecule has 0 atom stereocenters. The monoisotopic (exact) mass is 225 g/mol. The summed E-state index contributed by atoms with van der Waals surface area (Å²) in [7, 11) is 1.44. The first-order valence-electron chi connectivity index (χ1n) is 4.06. The van der Waals surface area contributed by atoms with Crippen molar-refractivity contribution in [3.8, 4) is 0 Å². The topological polar surface area (TPSA) is 12.0 Å². The molecule has 1 rings (SSSR count). The summed E-state index contributed by atoms with van der Waals surface area (Å²) in [5.41, 5.74) is -1.72. The number of rotatable bonds is 2. The first-order chi connectivity index (χ1) is 6.86. The van der Waals surface area contributed by atoms with Gasteiger partial charge in [0.15, 0.2) is 0 Å². The van der Waals surface area contributed by atoms with Gasteiger partial charge in [0.2, 0.25) is 0 Å². The molecule has 0 aliphatic carbocycles. The average Bonchev–Trinajstić information content (AvgIpc) is 2.09. The van der Waals surface area contributed by atoms with Gasteiger partial charge >= 0.3 is 6.18 Å². The van der Waals surface area contributed by atoms with E-state index in [0.29, 0.717) is 0 Å². The predicted molar refractivity (Wildman–Crippen MR) is 44.1 cm³/mol. The molecule has 0 bridgehead atoms. The van der Waals surface area contributed by atoms with Crippen LogP contribution >= 0.6 is 0 Å². The van der Waals surface area contributed by atoms with Gasteiger partial charge in [-0.25, -0.2) is 8.78 Å². The van der Waals surface area contributed by atoms with Gasteiger partial charge < -0.3 is 5.32 Å². The van der Waals surface area contributed by atoms with Gasteiger partial charge in [-0.3, -0.25) is 0 Å². The second-order valence-electron chi connectivity index (χ2n) is 2.95. The smallest absolute Gasteiger partial charge is 0.315 e. The Bertz CT molecular complexity index is 335. The molecule has 0 radical (unpaired) electrons. The van der Waals surface area contributed by atoms with E-state index < -0.39 is 28.9 Å². The summed E-state index contributed by atoms with van der Waals surface area (Å²) in [5, 5.41) is 2.46. The van der Waals surface area contributed by atoms with Crippen LogP contribution in [0.1, 0.15) is 11.1 Å². The van der Waals surface area contributed by atoms with E-state index in [-0.39, 0.29) is 18.7 Å². The Hall–Kier alpha value is -1.17. The molecule has 1 aromatic carbocycles. The van der Waals surface area contributed by atoms with Crippen molar-refractivity contribution in [3.63, 3.8) is 0 Å². The predicted octanol–water partition coefficient (Wildman–Crippen LogP) is 2.70. The molecule has 15 heavy (non-hydrogen) atoms. The van der Waals surface area contributed by atoms with Gasteiger partial charge in [-0.15, -0.1) is 0 Å². The third-order valence-electron chi connectivity index (χ3n) is 1.82. The molecule has 0 fully saturated rings. The number of hydrogen-bond donors (Lipinski definition) is 1. The van der Waals surface area contributed by atoms with E-state index >= 15 is 0 Å². The lowest BCUT2D eigenvalue weighted by Crippen LogP contribution is -2.12. The van der Waals surface area contributed by atoms with Crippen molar-refractivity contribution in [3.05, 3.63) is 34.9 Å². The average molecular weight is 225 g/mol. The lowest BCUT2D eigenvalue weighted by molar-refractivity contribution is -0.138. The lowest BCUT2D eigenvalue weighted by Gasteiger charge is -2.10. The summed E-state index contributed by atoms with van der Waals surface area (Å²) in [6, 6.07) is 0.575. The Labute approximate surface area is 82.9 Å². The normalized spacial score (nSPS) is 11.9. The Morgan fingerprint density at radius 3 is 1.93 bits per heavy atom. The van der Waals surface area contributed by atoms with Crippen LogP contribution in [0.4, 0.5) is 22.0 Å². The van der Waals surface area contributed by atoms with Gasteiger partial charge in [-0.05, 0) is 19.2 Å². The van der Waals surface area contributed by atoms with Crippen LogP contribution in [-0.4, -0.2) is 7.05 Å². The highest BCUT2D eigenvalue weighted by Crippen LogP contribution is 2.31. The molecule has 0 aliphatic heterocycles. The van der Waals surface area contributed by atoms with Gasteiger partial charge in [-0.1, -0.05) is 0 Å². The van der Waals surface area contributed by atoms with Gasteiger partial charge in [-0.2, -0.15) is 13.2 Å². The van der Waals surface area contributed by atoms with Crippen molar-refractivity contribution in [2.24, 2.45) is 0 Å². The molecule has 0 spiro atoms. The van der Waals surface area contributed by atoms with Crippen molar-refractivity contribution < 1.29 is 22.0 Å². The molecule has 0 unspecified atom stereocenters. The molecule has 0 saturated heterocycles. The number of halogens is 5. The van der Waals surface area contributed by atoms with E-state index in [1.165, 1.54) is 7.05 Å². The standard InChI is InChI=1S/C9H8F5N/c1-15-4-6-7(10)2-5(3-8(6)11)9(12,13)14/h2-3,15H,4H2,1H3. The highest BCUT2D eigenvalue weighted by Gasteiger charge is 2.32. The van der Waals surface area contributed by atoms with E-state index in [1.54, 1.807) is 0 Å². The van der Waals surface area contributed by atoms with Crippen LogP contribution in [0.5, 0.6) is 0 Å². The quantitative estimate of drug-likeness (QED) is 0.763. The zero-order valence-corrected chi connectivity index (χ0v) is 7.75. The molecule has 0 heterocycles. The van der Waals surface area contributed by atoms with Gasteiger partial charge in [0.1, 0.15) is 11.6 Å². The van der Waals surface area contributed by atoms with E-state index in [9.17, 15) is 22.0 Å². The van der Waals surface area contributed by atoms with Gasteiger partial charge in [0.05, 0.1) is 5.56 Å². The number of nitrogens with one attached hydrogen (secondary N) is 1. The Morgan fingerprint density at radius 1 is 1.13 bits per heavy atom. The molecule has 84 valence electrons. The minimum Gasteiger partial charge on any atom is -0.315 e. The van der Waals surface area contributed by atoms with Crippen LogP contribution < -0.4 is 5.32 Å². The van der Waals surface area contributed by atoms with Crippen LogP contribution in [0.3, 0.4) is 0 Å². The summed E-state index contributed by atoms with van der Waals surface area (Å²) in [6.07, 6.45) is -4.74. The summed E-state index contributed by atoms with van der Waals surface area (Å²) in [6.45, 7) is -0.157. The van der Waals surface area contributed by atoms with Crippen LogP contribution in [0, 0.1) is 11.6 Å². The maximum atomic E-state index is 13.0. The SMILES string of the molecule is CNCc1c(F)cc(C(F)(F)F)cc1F. The van der Waals surface area contributed by atoms with E-state index in [0.717, 1.165) is 0 Å². The van der Waals surface area contributed by atoms with Gasteiger partial charge in [0.25, 0.3) is 0 Å². The van der Waals surface area contributed by atoms with E-state index in [4.69, 9.17) is 0 Å². The van der Waals surface area contributed by atoms with E-state index in [2.05, 4.69) is 5.32 Å². The minimum absolute atomic E-state index is 0.157. The molecule has 1 aromatic rings. The summed E-state index contributed by atoms with van der Waals surface area (Å²) in [4.78, 5) is 0. The fraction of sp³-hybridized carbons (Fsp3) is 0.333. The Balaban J connectivity index is 3.19. The molecule has 0 amide bonds. The molecule has 6 heteroatoms. The van der Waals surface area contributed by atoms with Crippen LogP contribution in [0.15, 0.2) is 12.1 Å². The largest absolute Gasteiger partial charge is 0.416 e. The minimum atomic E-state index is -4.74. The molecule has 1 N–H and O–H groups in total. The van der Waals surface area contributed by atoms with Crippen molar-refractivity contribution >= 4 is 0 Å². The molecular weight excluding hydrogens is 217 g/mol. The molecule has 0 aromatic heterocycles. The van der Waals surface area contributed by atoms with E-state index in [1.807, 2.05) is 0 Å². The van der Waals surface area contributed by atoms with Gasteiger partial charge in [0, 0.05) is 12.1 Å². The number of benzene rings is 1. The summed E-state index contributed by atoms with van der Waals surface area (Å²) in [5.74, 6) is -2.40. The highest BCUT2D eigenvalue weighted by molar-refractivity contribution is 5.28. The number of hydrogen-bond acceptors (Lipinski definition) is 1. The third kappa shape index (κ3) is 2.65.